The molecule has 0 aliphatic carbocycles. The Balaban J connectivity index is 3.94. The summed E-state index contributed by atoms with van der Waals surface area (Å²) in [6.07, 6.45) is -11.4. The first-order valence-electron chi connectivity index (χ1n) is 4.65. The minimum absolute atomic E-state index is 0.170. The first-order valence-corrected chi connectivity index (χ1v) is 4.65. The molecule has 0 heterocycles. The van der Waals surface area contributed by atoms with Crippen LogP contribution in [0.4, 0.5) is 26.3 Å². The van der Waals surface area contributed by atoms with Gasteiger partial charge in [0.2, 0.25) is 0 Å². The molecule has 0 bridgehead atoms. The number of halogens is 6. The van der Waals surface area contributed by atoms with Gasteiger partial charge in [0.05, 0.1) is 22.3 Å². The third-order valence-electron chi connectivity index (χ3n) is 2.23. The van der Waals surface area contributed by atoms with Gasteiger partial charge in [0, 0.05) is 0 Å². The maximum atomic E-state index is 12.7. The Kier molecular flexibility index (Phi) is 3.70. The molecule has 2 N–H and O–H groups in total. The van der Waals surface area contributed by atoms with Crippen LogP contribution in [0.2, 0.25) is 0 Å². The molecule has 0 aromatic heterocycles. The lowest BCUT2D eigenvalue weighted by atomic mass is 9.94. The molecule has 0 radical (unpaired) electrons. The molecule has 0 saturated carbocycles. The van der Waals surface area contributed by atoms with Crippen molar-refractivity contribution < 1.29 is 46.1 Å². The van der Waals surface area contributed by atoms with Crippen LogP contribution in [0.5, 0.6) is 0 Å². The number of rotatable bonds is 2. The number of aromatic carboxylic acids is 2. The quantitative estimate of drug-likeness (QED) is 0.823. The SMILES string of the molecule is O=C(O)c1ccc(C(=O)O)c(C(F)(F)F)c1C(F)(F)F. The fourth-order valence-corrected chi connectivity index (χ4v) is 1.55. The van der Waals surface area contributed by atoms with E-state index in [4.69, 9.17) is 10.2 Å². The summed E-state index contributed by atoms with van der Waals surface area (Å²) in [5.41, 5.74) is -8.40. The minimum atomic E-state index is -5.68. The number of hydrogen-bond donors (Lipinski definition) is 2. The molecular weight excluding hydrogens is 298 g/mol. The van der Waals surface area contributed by atoms with Crippen molar-refractivity contribution in [2.45, 2.75) is 12.4 Å². The van der Waals surface area contributed by atoms with Gasteiger partial charge in [0.25, 0.3) is 0 Å². The van der Waals surface area contributed by atoms with Crippen LogP contribution < -0.4 is 0 Å². The minimum Gasteiger partial charge on any atom is -0.478 e. The van der Waals surface area contributed by atoms with Gasteiger partial charge in [-0.1, -0.05) is 0 Å². The fourth-order valence-electron chi connectivity index (χ4n) is 1.55. The summed E-state index contributed by atoms with van der Waals surface area (Å²) in [4.78, 5) is 21.2. The largest absolute Gasteiger partial charge is 0.478 e. The fraction of sp³-hybridized carbons (Fsp3) is 0.200. The highest BCUT2D eigenvalue weighted by Gasteiger charge is 2.48. The Labute approximate surface area is 106 Å². The van der Waals surface area contributed by atoms with Crippen LogP contribution in [0, 0.1) is 0 Å². The number of carboxylic acids is 2. The third-order valence-corrected chi connectivity index (χ3v) is 2.23. The number of carbonyl (C=O) groups is 2. The lowest BCUT2D eigenvalue weighted by Gasteiger charge is -2.19. The van der Waals surface area contributed by atoms with Crippen molar-refractivity contribution in [3.63, 3.8) is 0 Å². The summed E-state index contributed by atoms with van der Waals surface area (Å²) in [5.74, 6) is -4.50. The van der Waals surface area contributed by atoms with Crippen molar-refractivity contribution in [1.29, 1.82) is 0 Å². The number of carboxylic acid groups (broad SMARTS) is 2. The van der Waals surface area contributed by atoms with E-state index in [1.165, 1.54) is 0 Å². The van der Waals surface area contributed by atoms with Gasteiger partial charge in [0.15, 0.2) is 0 Å². The Bertz CT molecular complexity index is 521. The Morgan fingerprint density at radius 2 is 1.00 bits per heavy atom. The molecule has 1 rings (SSSR count). The molecule has 0 amide bonds. The lowest BCUT2D eigenvalue weighted by Crippen LogP contribution is -2.24. The maximum Gasteiger partial charge on any atom is 0.417 e. The van der Waals surface area contributed by atoms with Gasteiger partial charge in [-0.05, 0) is 12.1 Å². The van der Waals surface area contributed by atoms with Gasteiger partial charge >= 0.3 is 24.3 Å². The lowest BCUT2D eigenvalue weighted by molar-refractivity contribution is -0.162. The second-order valence-corrected chi connectivity index (χ2v) is 3.52. The summed E-state index contributed by atoms with van der Waals surface area (Å²) >= 11 is 0. The van der Waals surface area contributed by atoms with E-state index in [2.05, 4.69) is 0 Å². The van der Waals surface area contributed by atoms with Gasteiger partial charge < -0.3 is 10.2 Å². The first-order chi connectivity index (χ1) is 8.87. The van der Waals surface area contributed by atoms with Crippen LogP contribution in [0.1, 0.15) is 31.8 Å². The highest BCUT2D eigenvalue weighted by atomic mass is 19.4. The van der Waals surface area contributed by atoms with Crippen molar-refractivity contribution in [3.8, 4) is 0 Å². The highest BCUT2D eigenvalue weighted by molar-refractivity contribution is 5.95. The normalized spacial score (nSPS) is 12.3. The molecule has 0 atom stereocenters. The molecule has 0 aliphatic rings. The predicted octanol–water partition coefficient (Wildman–Crippen LogP) is 3.12. The summed E-state index contributed by atoms with van der Waals surface area (Å²) in [7, 11) is 0. The molecule has 20 heavy (non-hydrogen) atoms. The second kappa shape index (κ2) is 4.69. The highest BCUT2D eigenvalue weighted by Crippen LogP contribution is 2.43. The van der Waals surface area contributed by atoms with Crippen molar-refractivity contribution in [2.24, 2.45) is 0 Å². The Morgan fingerprint density at radius 1 is 0.750 bits per heavy atom. The molecule has 0 spiro atoms. The van der Waals surface area contributed by atoms with E-state index >= 15 is 0 Å². The molecule has 4 nitrogen and oxygen atoms in total. The van der Waals surface area contributed by atoms with Crippen molar-refractivity contribution >= 4 is 11.9 Å². The van der Waals surface area contributed by atoms with E-state index in [-0.39, 0.29) is 12.1 Å². The molecule has 1 aromatic rings. The summed E-state index contributed by atoms with van der Waals surface area (Å²) in [6, 6.07) is 0.341. The van der Waals surface area contributed by atoms with Crippen LogP contribution in [-0.4, -0.2) is 22.2 Å². The average Bonchev–Trinajstić information content (AvgIpc) is 2.24. The zero-order valence-electron chi connectivity index (χ0n) is 9.13. The molecule has 1 aromatic carbocycles. The van der Waals surface area contributed by atoms with Crippen LogP contribution in [0.3, 0.4) is 0 Å². The molecular formula is C10H4F6O4. The predicted molar refractivity (Wildman–Crippen MR) is 50.4 cm³/mol. The van der Waals surface area contributed by atoms with Gasteiger partial charge in [-0.15, -0.1) is 0 Å². The molecule has 10 heteroatoms. The number of hydrogen-bond acceptors (Lipinski definition) is 2. The number of alkyl halides is 6. The van der Waals surface area contributed by atoms with E-state index in [0.29, 0.717) is 0 Å². The molecule has 110 valence electrons. The van der Waals surface area contributed by atoms with E-state index in [1.54, 1.807) is 0 Å². The van der Waals surface area contributed by atoms with Crippen LogP contribution >= 0.6 is 0 Å². The second-order valence-electron chi connectivity index (χ2n) is 3.52. The van der Waals surface area contributed by atoms with Gasteiger partial charge in [0.1, 0.15) is 0 Å². The first kappa shape index (κ1) is 15.8. The van der Waals surface area contributed by atoms with Gasteiger partial charge in [-0.25, -0.2) is 9.59 Å². The summed E-state index contributed by atoms with van der Waals surface area (Å²) in [5, 5.41) is 17.1. The monoisotopic (exact) mass is 302 g/mol. The summed E-state index contributed by atoms with van der Waals surface area (Å²) in [6.45, 7) is 0. The van der Waals surface area contributed by atoms with Crippen LogP contribution in [-0.2, 0) is 12.4 Å². The van der Waals surface area contributed by atoms with Gasteiger partial charge in [-0.3, -0.25) is 0 Å². The van der Waals surface area contributed by atoms with Crippen molar-refractivity contribution in [1.82, 2.24) is 0 Å². The zero-order valence-corrected chi connectivity index (χ0v) is 9.13. The standard InChI is InChI=1S/C10H4F6O4/c11-9(12,13)5-3(7(17)18)1-2-4(8(19)20)6(5)10(14,15)16/h1-2H,(H,17,18)(H,19,20). The summed E-state index contributed by atoms with van der Waals surface area (Å²) < 4.78 is 76.1. The average molecular weight is 302 g/mol. The van der Waals surface area contributed by atoms with Crippen molar-refractivity contribution in [3.05, 3.63) is 34.4 Å². The molecule has 0 fully saturated rings. The van der Waals surface area contributed by atoms with Gasteiger partial charge in [-0.2, -0.15) is 26.3 Å². The maximum absolute atomic E-state index is 12.7. The van der Waals surface area contributed by atoms with Crippen LogP contribution in [0.25, 0.3) is 0 Å². The Hall–Kier alpha value is -2.26. The van der Waals surface area contributed by atoms with Crippen molar-refractivity contribution in [2.75, 3.05) is 0 Å². The van der Waals surface area contributed by atoms with Crippen LogP contribution in [0.15, 0.2) is 12.1 Å². The van der Waals surface area contributed by atoms with E-state index < -0.39 is 46.5 Å². The Morgan fingerprint density at radius 3 is 1.15 bits per heavy atom. The van der Waals surface area contributed by atoms with E-state index in [0.717, 1.165) is 0 Å². The van der Waals surface area contributed by atoms with E-state index in [9.17, 15) is 35.9 Å². The zero-order chi connectivity index (χ0) is 15.9. The number of benzene rings is 1. The smallest absolute Gasteiger partial charge is 0.417 e. The third kappa shape index (κ3) is 2.83. The molecule has 0 aliphatic heterocycles. The topological polar surface area (TPSA) is 74.6 Å². The van der Waals surface area contributed by atoms with E-state index in [1.807, 2.05) is 0 Å². The molecule has 0 unspecified atom stereocenters. The molecule has 0 saturated heterocycles.